The first-order valence-electron chi connectivity index (χ1n) is 10.5. The van der Waals surface area contributed by atoms with Gasteiger partial charge in [-0.15, -0.1) is 10.2 Å². The quantitative estimate of drug-likeness (QED) is 0.353. The average Bonchev–Trinajstić information content (AvgIpc) is 3.25. The minimum atomic E-state index is -0.315. The van der Waals surface area contributed by atoms with Gasteiger partial charge in [0.1, 0.15) is 5.01 Å². The van der Waals surface area contributed by atoms with Crippen molar-refractivity contribution in [3.8, 4) is 0 Å². The summed E-state index contributed by atoms with van der Waals surface area (Å²) in [5.74, 6) is -0.521. The molecule has 1 heterocycles. The number of amides is 3. The number of halogens is 1. The zero-order valence-corrected chi connectivity index (χ0v) is 20.5. The molecular formula is C23H24BrN5O3S. The van der Waals surface area contributed by atoms with E-state index in [0.29, 0.717) is 46.3 Å². The van der Waals surface area contributed by atoms with E-state index in [-0.39, 0.29) is 17.7 Å². The van der Waals surface area contributed by atoms with E-state index < -0.39 is 0 Å². The molecule has 0 radical (unpaired) electrons. The van der Waals surface area contributed by atoms with Crippen molar-refractivity contribution < 1.29 is 14.4 Å². The Bertz CT molecular complexity index is 1120. The Morgan fingerprint density at radius 2 is 1.76 bits per heavy atom. The molecule has 0 saturated carbocycles. The third kappa shape index (κ3) is 7.76. The standard InChI is InChI=1S/C23H24BrN5O3S/c1-2-3-7-19(30)26-18-10-8-15(9-11-18)22(32)27-23-29-28-20(33-23)12-13-25-21(31)16-5-4-6-17(24)14-16/h4-6,8-11,14H,2-3,7,12-13H2,1H3,(H,25,31)(H,26,30)(H,27,29,32). The van der Waals surface area contributed by atoms with Gasteiger partial charge in [0.2, 0.25) is 11.0 Å². The molecule has 0 aliphatic heterocycles. The van der Waals surface area contributed by atoms with E-state index in [2.05, 4.69) is 42.1 Å². The zero-order valence-electron chi connectivity index (χ0n) is 18.1. The first-order chi connectivity index (χ1) is 15.9. The van der Waals surface area contributed by atoms with Gasteiger partial charge in [0.15, 0.2) is 0 Å². The van der Waals surface area contributed by atoms with Gasteiger partial charge < -0.3 is 10.6 Å². The lowest BCUT2D eigenvalue weighted by Gasteiger charge is -2.06. The Balaban J connectivity index is 1.46. The Morgan fingerprint density at radius 1 is 0.970 bits per heavy atom. The molecule has 1 aromatic heterocycles. The van der Waals surface area contributed by atoms with Gasteiger partial charge in [-0.25, -0.2) is 0 Å². The predicted octanol–water partition coefficient (Wildman–Crippen LogP) is 4.65. The molecule has 0 bridgehead atoms. The molecule has 0 aliphatic rings. The fourth-order valence-corrected chi connectivity index (χ4v) is 3.99. The second kappa shape index (κ2) is 12.2. The van der Waals surface area contributed by atoms with Crippen LogP contribution in [0.15, 0.2) is 53.0 Å². The van der Waals surface area contributed by atoms with Crippen molar-refractivity contribution in [1.29, 1.82) is 0 Å². The Kier molecular flexibility index (Phi) is 9.08. The van der Waals surface area contributed by atoms with E-state index in [1.54, 1.807) is 42.5 Å². The van der Waals surface area contributed by atoms with Crippen LogP contribution >= 0.6 is 27.3 Å². The van der Waals surface area contributed by atoms with Crippen LogP contribution in [-0.2, 0) is 11.2 Å². The Labute approximate surface area is 204 Å². The van der Waals surface area contributed by atoms with Crippen molar-refractivity contribution in [3.63, 3.8) is 0 Å². The highest BCUT2D eigenvalue weighted by Gasteiger charge is 2.12. The zero-order chi connectivity index (χ0) is 23.6. The van der Waals surface area contributed by atoms with E-state index in [4.69, 9.17) is 0 Å². The topological polar surface area (TPSA) is 113 Å². The number of unbranched alkanes of at least 4 members (excludes halogenated alkanes) is 1. The fourth-order valence-electron chi connectivity index (χ4n) is 2.85. The smallest absolute Gasteiger partial charge is 0.257 e. The molecule has 3 amide bonds. The molecule has 10 heteroatoms. The number of anilines is 2. The summed E-state index contributed by atoms with van der Waals surface area (Å²) in [6.07, 6.45) is 2.78. The van der Waals surface area contributed by atoms with Gasteiger partial charge in [-0.05, 0) is 48.9 Å². The van der Waals surface area contributed by atoms with Gasteiger partial charge in [-0.3, -0.25) is 19.7 Å². The van der Waals surface area contributed by atoms with Crippen LogP contribution < -0.4 is 16.0 Å². The molecule has 0 fully saturated rings. The molecule has 0 atom stereocenters. The maximum absolute atomic E-state index is 12.5. The number of carbonyl (C=O) groups is 3. The number of hydrogen-bond acceptors (Lipinski definition) is 6. The highest BCUT2D eigenvalue weighted by molar-refractivity contribution is 9.10. The monoisotopic (exact) mass is 529 g/mol. The van der Waals surface area contributed by atoms with Crippen LogP contribution in [0.4, 0.5) is 10.8 Å². The third-order valence-electron chi connectivity index (χ3n) is 4.59. The van der Waals surface area contributed by atoms with Crippen LogP contribution in [0.5, 0.6) is 0 Å². The molecule has 172 valence electrons. The molecule has 0 spiro atoms. The minimum Gasteiger partial charge on any atom is -0.352 e. The van der Waals surface area contributed by atoms with Crippen LogP contribution in [0.25, 0.3) is 0 Å². The molecule has 33 heavy (non-hydrogen) atoms. The van der Waals surface area contributed by atoms with Crippen LogP contribution in [-0.4, -0.2) is 34.5 Å². The van der Waals surface area contributed by atoms with Crippen LogP contribution in [0.1, 0.15) is 51.9 Å². The van der Waals surface area contributed by atoms with E-state index in [9.17, 15) is 14.4 Å². The number of carbonyl (C=O) groups excluding carboxylic acids is 3. The van der Waals surface area contributed by atoms with E-state index in [0.717, 1.165) is 17.3 Å². The van der Waals surface area contributed by atoms with Crippen LogP contribution in [0, 0.1) is 0 Å². The summed E-state index contributed by atoms with van der Waals surface area (Å²) in [5.41, 5.74) is 1.66. The van der Waals surface area contributed by atoms with Gasteiger partial charge in [0.25, 0.3) is 11.8 Å². The second-order valence-corrected chi connectivity index (χ2v) is 9.18. The molecule has 0 aliphatic carbocycles. The average molecular weight is 530 g/mol. The molecule has 3 rings (SSSR count). The predicted molar refractivity (Wildman–Crippen MR) is 133 cm³/mol. The number of hydrogen-bond donors (Lipinski definition) is 3. The third-order valence-corrected chi connectivity index (χ3v) is 5.98. The van der Waals surface area contributed by atoms with E-state index >= 15 is 0 Å². The van der Waals surface area contributed by atoms with Gasteiger partial charge in [0.05, 0.1) is 0 Å². The highest BCUT2D eigenvalue weighted by Crippen LogP contribution is 2.18. The van der Waals surface area contributed by atoms with E-state index in [1.807, 2.05) is 13.0 Å². The van der Waals surface area contributed by atoms with Crippen molar-refractivity contribution in [2.24, 2.45) is 0 Å². The molecule has 8 nitrogen and oxygen atoms in total. The first kappa shape index (κ1) is 24.5. The Hall–Kier alpha value is -3.11. The lowest BCUT2D eigenvalue weighted by atomic mass is 10.2. The number of rotatable bonds is 10. The molecule has 0 unspecified atom stereocenters. The number of aromatic nitrogens is 2. The van der Waals surface area contributed by atoms with Crippen molar-refractivity contribution in [2.75, 3.05) is 17.2 Å². The summed E-state index contributed by atoms with van der Waals surface area (Å²) in [7, 11) is 0. The summed E-state index contributed by atoms with van der Waals surface area (Å²) < 4.78 is 0.839. The van der Waals surface area contributed by atoms with Gasteiger partial charge >= 0.3 is 0 Å². The molecule has 3 N–H and O–H groups in total. The van der Waals surface area contributed by atoms with Gasteiger partial charge in [-0.1, -0.05) is 46.7 Å². The maximum Gasteiger partial charge on any atom is 0.257 e. The first-order valence-corrected chi connectivity index (χ1v) is 12.1. The fraction of sp³-hybridized carbons (Fsp3) is 0.261. The largest absolute Gasteiger partial charge is 0.352 e. The molecular weight excluding hydrogens is 506 g/mol. The molecule has 3 aromatic rings. The lowest BCUT2D eigenvalue weighted by Crippen LogP contribution is -2.25. The van der Waals surface area contributed by atoms with Crippen molar-refractivity contribution in [1.82, 2.24) is 15.5 Å². The number of nitrogens with zero attached hydrogens (tertiary/aromatic N) is 2. The van der Waals surface area contributed by atoms with Crippen LogP contribution in [0.2, 0.25) is 0 Å². The normalized spacial score (nSPS) is 10.5. The van der Waals surface area contributed by atoms with Gasteiger partial charge in [-0.2, -0.15) is 0 Å². The summed E-state index contributed by atoms with van der Waals surface area (Å²) >= 11 is 4.60. The maximum atomic E-state index is 12.5. The van der Waals surface area contributed by atoms with Crippen molar-refractivity contribution in [3.05, 3.63) is 69.1 Å². The van der Waals surface area contributed by atoms with Gasteiger partial charge in [0, 0.05) is 40.7 Å². The SMILES string of the molecule is CCCCC(=O)Nc1ccc(C(=O)Nc2nnc(CCNC(=O)c3cccc(Br)c3)s2)cc1. The second-order valence-electron chi connectivity index (χ2n) is 7.20. The molecule has 0 saturated heterocycles. The number of nitrogens with one attached hydrogen (secondary N) is 3. The minimum absolute atomic E-state index is 0.0386. The summed E-state index contributed by atoms with van der Waals surface area (Å²) in [5, 5.41) is 17.5. The van der Waals surface area contributed by atoms with Crippen LogP contribution in [0.3, 0.4) is 0 Å². The Morgan fingerprint density at radius 3 is 2.48 bits per heavy atom. The van der Waals surface area contributed by atoms with Crippen molar-refractivity contribution >= 4 is 55.8 Å². The summed E-state index contributed by atoms with van der Waals surface area (Å²) in [6.45, 7) is 2.43. The summed E-state index contributed by atoms with van der Waals surface area (Å²) in [4.78, 5) is 36.4. The summed E-state index contributed by atoms with van der Waals surface area (Å²) in [6, 6.07) is 13.8. The molecule has 2 aromatic carbocycles. The van der Waals surface area contributed by atoms with E-state index in [1.165, 1.54) is 11.3 Å². The van der Waals surface area contributed by atoms with Crippen molar-refractivity contribution in [2.45, 2.75) is 32.6 Å². The highest BCUT2D eigenvalue weighted by atomic mass is 79.9. The lowest BCUT2D eigenvalue weighted by molar-refractivity contribution is -0.116. The number of benzene rings is 2.